The summed E-state index contributed by atoms with van der Waals surface area (Å²) in [5, 5.41) is 2.62. The maximum absolute atomic E-state index is 13.5. The molecule has 0 unspecified atom stereocenters. The van der Waals surface area contributed by atoms with Crippen molar-refractivity contribution in [1.82, 2.24) is 14.3 Å². The van der Waals surface area contributed by atoms with Crippen molar-refractivity contribution in [3.05, 3.63) is 89.5 Å². The molecule has 0 aliphatic heterocycles. The number of sulfonamides is 2. The van der Waals surface area contributed by atoms with Gasteiger partial charge in [-0.2, -0.15) is 17.4 Å². The first-order chi connectivity index (χ1) is 20.5. The van der Waals surface area contributed by atoms with Crippen LogP contribution in [-0.4, -0.2) is 67.7 Å². The molecule has 0 saturated carbocycles. The summed E-state index contributed by atoms with van der Waals surface area (Å²) in [6.07, 6.45) is 0. The summed E-state index contributed by atoms with van der Waals surface area (Å²) in [5.41, 5.74) is 2.59. The van der Waals surface area contributed by atoms with Crippen LogP contribution in [0.5, 0.6) is 0 Å². The van der Waals surface area contributed by atoms with Crippen LogP contribution in [-0.2, 0) is 39.1 Å². The van der Waals surface area contributed by atoms with Gasteiger partial charge in [0.15, 0.2) is 0 Å². The van der Waals surface area contributed by atoms with E-state index in [0.29, 0.717) is 0 Å². The van der Waals surface area contributed by atoms with Crippen molar-refractivity contribution >= 4 is 36.1 Å². The van der Waals surface area contributed by atoms with Crippen LogP contribution < -0.4 is 10.0 Å². The van der Waals surface area contributed by atoms with E-state index in [9.17, 15) is 30.0 Å². The molecule has 240 valence electrons. The van der Waals surface area contributed by atoms with Crippen molar-refractivity contribution in [3.63, 3.8) is 0 Å². The lowest BCUT2D eigenvalue weighted by Crippen LogP contribution is -2.51. The van der Waals surface area contributed by atoms with Gasteiger partial charge in [0.25, 0.3) is 10.1 Å². The van der Waals surface area contributed by atoms with Crippen molar-refractivity contribution < 1.29 is 34.2 Å². The van der Waals surface area contributed by atoms with Crippen molar-refractivity contribution in [3.8, 4) is 0 Å². The minimum absolute atomic E-state index is 0.0116. The Hall–Kier alpha value is -3.14. The van der Waals surface area contributed by atoms with E-state index in [1.807, 2.05) is 20.8 Å². The van der Waals surface area contributed by atoms with Crippen LogP contribution >= 0.6 is 0 Å². The predicted octanol–water partition coefficient (Wildman–Crippen LogP) is 3.13. The number of carbonyl (C=O) groups excluding carboxylic acids is 1. The molecule has 3 aromatic rings. The van der Waals surface area contributed by atoms with E-state index in [-0.39, 0.29) is 34.3 Å². The Labute approximate surface area is 260 Å². The van der Waals surface area contributed by atoms with E-state index >= 15 is 0 Å². The van der Waals surface area contributed by atoms with Crippen molar-refractivity contribution in [2.24, 2.45) is 5.92 Å². The molecular weight excluding hydrogens is 627 g/mol. The summed E-state index contributed by atoms with van der Waals surface area (Å²) in [6.45, 7) is 7.61. The summed E-state index contributed by atoms with van der Waals surface area (Å²) < 4.78 is 86.8. The van der Waals surface area contributed by atoms with E-state index in [0.717, 1.165) is 21.0 Å². The first-order valence-corrected chi connectivity index (χ1v) is 18.3. The second-order valence-corrected chi connectivity index (χ2v) is 16.0. The Morgan fingerprint density at radius 2 is 1.16 bits per heavy atom. The molecular formula is C30H39N3O8S3. The zero-order valence-corrected chi connectivity index (χ0v) is 27.8. The summed E-state index contributed by atoms with van der Waals surface area (Å²) in [6, 6.07) is 17.3. The van der Waals surface area contributed by atoms with Crippen LogP contribution in [0.1, 0.15) is 30.5 Å². The van der Waals surface area contributed by atoms with Crippen LogP contribution in [0.15, 0.2) is 87.5 Å². The topological polar surface area (TPSA) is 156 Å². The molecule has 1 atom stereocenters. The third-order valence-corrected chi connectivity index (χ3v) is 11.5. The van der Waals surface area contributed by atoms with Crippen LogP contribution in [0.2, 0.25) is 0 Å². The second kappa shape index (κ2) is 14.8. The molecule has 14 heteroatoms. The molecule has 0 aliphatic carbocycles. The van der Waals surface area contributed by atoms with Gasteiger partial charge in [0, 0.05) is 19.6 Å². The summed E-state index contributed by atoms with van der Waals surface area (Å²) in [7, 11) is -12.3. The fraction of sp³-hybridized carbons (Fsp3) is 0.367. The number of nitrogens with one attached hydrogen (secondary N) is 2. The number of amides is 1. The van der Waals surface area contributed by atoms with Gasteiger partial charge in [-0.05, 0) is 63.1 Å². The average molecular weight is 666 g/mol. The molecule has 44 heavy (non-hydrogen) atoms. The van der Waals surface area contributed by atoms with Gasteiger partial charge in [0.1, 0.15) is 6.04 Å². The minimum Gasteiger partial charge on any atom is -0.353 e. The summed E-state index contributed by atoms with van der Waals surface area (Å²) in [4.78, 5) is 13.0. The third kappa shape index (κ3) is 9.43. The second-order valence-electron chi connectivity index (χ2n) is 10.8. The third-order valence-electron chi connectivity index (χ3n) is 6.77. The van der Waals surface area contributed by atoms with E-state index in [1.165, 1.54) is 36.4 Å². The lowest BCUT2D eigenvalue weighted by Gasteiger charge is -2.24. The van der Waals surface area contributed by atoms with Crippen molar-refractivity contribution in [2.45, 2.75) is 55.3 Å². The summed E-state index contributed by atoms with van der Waals surface area (Å²) >= 11 is 0. The highest BCUT2D eigenvalue weighted by atomic mass is 32.2. The quantitative estimate of drug-likeness (QED) is 0.235. The maximum atomic E-state index is 13.5. The van der Waals surface area contributed by atoms with Gasteiger partial charge in [0.05, 0.1) is 21.3 Å². The highest BCUT2D eigenvalue weighted by Gasteiger charge is 2.30. The molecule has 1 amide bonds. The van der Waals surface area contributed by atoms with Gasteiger partial charge in [0.2, 0.25) is 26.0 Å². The highest BCUT2D eigenvalue weighted by molar-refractivity contribution is 7.89. The van der Waals surface area contributed by atoms with E-state index < -0.39 is 54.6 Å². The lowest BCUT2D eigenvalue weighted by atomic mass is 10.1. The Morgan fingerprint density at radius 1 is 0.705 bits per heavy atom. The van der Waals surface area contributed by atoms with Gasteiger partial charge < -0.3 is 5.32 Å². The zero-order valence-electron chi connectivity index (χ0n) is 25.3. The normalized spacial score (nSPS) is 13.2. The monoisotopic (exact) mass is 665 g/mol. The molecule has 0 heterocycles. The molecule has 0 spiro atoms. The fourth-order valence-electron chi connectivity index (χ4n) is 4.09. The predicted molar refractivity (Wildman–Crippen MR) is 167 cm³/mol. The number of carbonyl (C=O) groups is 1. The van der Waals surface area contributed by atoms with Gasteiger partial charge in [-0.1, -0.05) is 66.9 Å². The molecule has 2 N–H and O–H groups in total. The number of hydrogen-bond acceptors (Lipinski definition) is 8. The average Bonchev–Trinajstić information content (AvgIpc) is 2.95. The van der Waals surface area contributed by atoms with Crippen molar-refractivity contribution in [1.29, 1.82) is 0 Å². The molecule has 0 bridgehead atoms. The lowest BCUT2D eigenvalue weighted by molar-refractivity contribution is -0.123. The first-order valence-electron chi connectivity index (χ1n) is 13.9. The molecule has 0 fully saturated rings. The van der Waals surface area contributed by atoms with Gasteiger partial charge in [-0.25, -0.2) is 16.8 Å². The Balaban J connectivity index is 1.73. The van der Waals surface area contributed by atoms with Crippen LogP contribution in [0.4, 0.5) is 0 Å². The first kappa shape index (κ1) is 35.3. The van der Waals surface area contributed by atoms with Gasteiger partial charge >= 0.3 is 0 Å². The molecule has 3 rings (SSSR count). The molecule has 0 aliphatic rings. The Bertz CT molecular complexity index is 1740. The summed E-state index contributed by atoms with van der Waals surface area (Å²) in [5.74, 6) is -1.07. The standard InChI is InChI=1S/C30H39N3O8S3/c1-22(2)29(32-42(35,36)26-12-6-23(3)7-13-26)30(34)31-18-19-33(43(37,38)27-14-8-24(4)9-15-27)20-21-41-44(39,40)28-16-10-25(5)11-17-28/h6-17,22,29,32H,18-21H2,1-5H3,(H,31,34)/t29-/m0/s1. The number of aryl methyl sites for hydroxylation is 3. The zero-order chi connectivity index (χ0) is 32.7. The SMILES string of the molecule is Cc1ccc(S(=O)(=O)N[C@H](C(=O)NCCN(CCOS(=O)(=O)c2ccc(C)cc2)S(=O)(=O)c2ccc(C)cc2)C(C)C)cc1. The van der Waals surface area contributed by atoms with Crippen LogP contribution in [0.25, 0.3) is 0 Å². The number of rotatable bonds is 15. The molecule has 3 aromatic carbocycles. The molecule has 0 radical (unpaired) electrons. The largest absolute Gasteiger partial charge is 0.353 e. The minimum atomic E-state index is -4.14. The van der Waals surface area contributed by atoms with E-state index in [4.69, 9.17) is 4.18 Å². The van der Waals surface area contributed by atoms with E-state index in [1.54, 1.807) is 50.2 Å². The Kier molecular flexibility index (Phi) is 11.9. The van der Waals surface area contributed by atoms with Crippen LogP contribution in [0, 0.1) is 26.7 Å². The molecule has 0 aromatic heterocycles. The molecule has 0 saturated heterocycles. The Morgan fingerprint density at radius 3 is 1.64 bits per heavy atom. The van der Waals surface area contributed by atoms with Gasteiger partial charge in [-0.3, -0.25) is 8.98 Å². The number of benzene rings is 3. The van der Waals surface area contributed by atoms with Crippen LogP contribution in [0.3, 0.4) is 0 Å². The number of nitrogens with zero attached hydrogens (tertiary/aromatic N) is 1. The van der Waals surface area contributed by atoms with Gasteiger partial charge in [-0.15, -0.1) is 0 Å². The van der Waals surface area contributed by atoms with Crippen molar-refractivity contribution in [2.75, 3.05) is 26.2 Å². The number of hydrogen-bond donors (Lipinski definition) is 2. The fourth-order valence-corrected chi connectivity index (χ4v) is 7.76. The smallest absolute Gasteiger partial charge is 0.297 e. The van der Waals surface area contributed by atoms with E-state index in [2.05, 4.69) is 10.0 Å². The highest BCUT2D eigenvalue weighted by Crippen LogP contribution is 2.18. The molecule has 11 nitrogen and oxygen atoms in total. The maximum Gasteiger partial charge on any atom is 0.297 e.